The van der Waals surface area contributed by atoms with Crippen molar-refractivity contribution in [3.63, 3.8) is 0 Å². The van der Waals surface area contributed by atoms with Gasteiger partial charge in [-0.05, 0) is 43.5 Å². The molecule has 0 spiro atoms. The average molecular weight is 369 g/mol. The molecule has 1 amide bonds. The SMILES string of the molecule is CCc1cc2c(NCC(=O)N(C)CCc3ccncc3)nc(C)nc2s1. The van der Waals surface area contributed by atoms with E-state index in [4.69, 9.17) is 0 Å². The third kappa shape index (κ3) is 4.35. The number of pyridine rings is 1. The highest BCUT2D eigenvalue weighted by Gasteiger charge is 2.13. The van der Waals surface area contributed by atoms with Crippen LogP contribution in [0.25, 0.3) is 10.2 Å². The topological polar surface area (TPSA) is 71.0 Å². The van der Waals surface area contributed by atoms with E-state index in [9.17, 15) is 4.79 Å². The summed E-state index contributed by atoms with van der Waals surface area (Å²) in [5.74, 6) is 1.48. The maximum atomic E-state index is 12.4. The number of nitrogens with zero attached hydrogens (tertiary/aromatic N) is 4. The molecule has 136 valence electrons. The number of hydrogen-bond donors (Lipinski definition) is 1. The Morgan fingerprint density at radius 3 is 2.77 bits per heavy atom. The Hall–Kier alpha value is -2.54. The minimum absolute atomic E-state index is 0.0365. The smallest absolute Gasteiger partial charge is 0.241 e. The molecule has 0 atom stereocenters. The van der Waals surface area contributed by atoms with E-state index >= 15 is 0 Å². The van der Waals surface area contributed by atoms with Crippen molar-refractivity contribution in [1.82, 2.24) is 19.9 Å². The van der Waals surface area contributed by atoms with Crippen LogP contribution in [-0.4, -0.2) is 45.9 Å². The van der Waals surface area contributed by atoms with Crippen LogP contribution in [-0.2, 0) is 17.6 Å². The third-order valence-corrected chi connectivity index (χ3v) is 5.40. The van der Waals surface area contributed by atoms with Crippen LogP contribution in [0.1, 0.15) is 23.2 Å². The Kier molecular flexibility index (Phi) is 5.78. The number of aryl methyl sites for hydroxylation is 2. The van der Waals surface area contributed by atoms with E-state index in [-0.39, 0.29) is 12.5 Å². The fraction of sp³-hybridized carbons (Fsp3) is 0.368. The molecule has 7 heteroatoms. The molecule has 26 heavy (non-hydrogen) atoms. The zero-order chi connectivity index (χ0) is 18.5. The van der Waals surface area contributed by atoms with Gasteiger partial charge >= 0.3 is 0 Å². The lowest BCUT2D eigenvalue weighted by molar-refractivity contribution is -0.127. The van der Waals surface area contributed by atoms with E-state index in [1.165, 1.54) is 10.4 Å². The normalized spacial score (nSPS) is 10.9. The Balaban J connectivity index is 1.62. The lowest BCUT2D eigenvalue weighted by atomic mass is 10.2. The van der Waals surface area contributed by atoms with Crippen LogP contribution in [0.15, 0.2) is 30.6 Å². The molecular weight excluding hydrogens is 346 g/mol. The van der Waals surface area contributed by atoms with Gasteiger partial charge in [-0.1, -0.05) is 6.92 Å². The molecule has 3 heterocycles. The number of thiophene rings is 1. The minimum atomic E-state index is 0.0365. The van der Waals surface area contributed by atoms with Gasteiger partial charge in [0.05, 0.1) is 11.9 Å². The van der Waals surface area contributed by atoms with Gasteiger partial charge in [0, 0.05) is 30.9 Å². The Bertz CT molecular complexity index is 894. The van der Waals surface area contributed by atoms with Gasteiger partial charge in [-0.15, -0.1) is 11.3 Å². The molecule has 0 saturated carbocycles. The molecule has 0 bridgehead atoms. The summed E-state index contributed by atoms with van der Waals surface area (Å²) in [6, 6.07) is 6.05. The predicted molar refractivity (Wildman–Crippen MR) is 106 cm³/mol. The second-order valence-electron chi connectivity index (χ2n) is 6.18. The number of carbonyl (C=O) groups is 1. The Labute approximate surface area is 157 Å². The van der Waals surface area contributed by atoms with Crippen LogP contribution in [0, 0.1) is 6.92 Å². The zero-order valence-electron chi connectivity index (χ0n) is 15.3. The first-order valence-corrected chi connectivity index (χ1v) is 9.52. The van der Waals surface area contributed by atoms with Crippen LogP contribution in [0.5, 0.6) is 0 Å². The molecule has 0 aliphatic carbocycles. The summed E-state index contributed by atoms with van der Waals surface area (Å²) in [6.45, 7) is 4.88. The number of hydrogen-bond acceptors (Lipinski definition) is 6. The van der Waals surface area contributed by atoms with Gasteiger partial charge in [-0.2, -0.15) is 0 Å². The standard InChI is InChI=1S/C19H23N5OS/c1-4-15-11-16-18(22-13(2)23-19(16)26-15)21-12-17(25)24(3)10-7-14-5-8-20-9-6-14/h5-6,8-9,11H,4,7,10,12H2,1-3H3,(H,21,22,23). The van der Waals surface area contributed by atoms with Crippen molar-refractivity contribution in [3.05, 3.63) is 46.9 Å². The number of aromatic nitrogens is 3. The number of fused-ring (bicyclic) bond motifs is 1. The molecule has 0 aliphatic heterocycles. The highest BCUT2D eigenvalue weighted by Crippen LogP contribution is 2.29. The van der Waals surface area contributed by atoms with Gasteiger partial charge in [0.2, 0.25) is 5.91 Å². The maximum absolute atomic E-state index is 12.4. The van der Waals surface area contributed by atoms with Crippen LogP contribution < -0.4 is 5.32 Å². The first-order valence-electron chi connectivity index (χ1n) is 8.70. The largest absolute Gasteiger partial charge is 0.360 e. The van der Waals surface area contributed by atoms with Gasteiger partial charge in [0.1, 0.15) is 16.5 Å². The van der Waals surface area contributed by atoms with Crippen molar-refractivity contribution in [2.45, 2.75) is 26.7 Å². The number of anilines is 1. The van der Waals surface area contributed by atoms with E-state index < -0.39 is 0 Å². The Morgan fingerprint density at radius 1 is 1.27 bits per heavy atom. The Morgan fingerprint density at radius 2 is 2.04 bits per heavy atom. The molecule has 0 radical (unpaired) electrons. The highest BCUT2D eigenvalue weighted by atomic mass is 32.1. The second kappa shape index (κ2) is 8.23. The van der Waals surface area contributed by atoms with Crippen molar-refractivity contribution in [3.8, 4) is 0 Å². The third-order valence-electron chi connectivity index (χ3n) is 4.22. The first-order chi connectivity index (χ1) is 12.6. The summed E-state index contributed by atoms with van der Waals surface area (Å²) in [6.07, 6.45) is 5.32. The molecule has 3 aromatic rings. The summed E-state index contributed by atoms with van der Waals surface area (Å²) in [5.41, 5.74) is 1.17. The predicted octanol–water partition coefficient (Wildman–Crippen LogP) is 3.07. The summed E-state index contributed by atoms with van der Waals surface area (Å²) >= 11 is 1.68. The summed E-state index contributed by atoms with van der Waals surface area (Å²) in [4.78, 5) is 29.4. The first kappa shape index (κ1) is 18.3. The van der Waals surface area contributed by atoms with Gasteiger partial charge < -0.3 is 10.2 Å². The molecule has 0 aromatic carbocycles. The van der Waals surface area contributed by atoms with Crippen molar-refractivity contribution >= 4 is 33.3 Å². The molecule has 3 rings (SSSR count). The summed E-state index contributed by atoms with van der Waals surface area (Å²) in [7, 11) is 1.83. The molecule has 0 saturated heterocycles. The van der Waals surface area contributed by atoms with Crippen LogP contribution in [0.2, 0.25) is 0 Å². The second-order valence-corrected chi connectivity index (χ2v) is 7.29. The molecule has 6 nitrogen and oxygen atoms in total. The zero-order valence-corrected chi connectivity index (χ0v) is 16.1. The number of rotatable bonds is 7. The van der Waals surface area contributed by atoms with E-state index in [0.717, 1.165) is 28.9 Å². The van der Waals surface area contributed by atoms with Crippen molar-refractivity contribution in [2.75, 3.05) is 25.5 Å². The van der Waals surface area contributed by atoms with E-state index in [0.29, 0.717) is 12.4 Å². The molecule has 0 fully saturated rings. The van der Waals surface area contributed by atoms with Crippen molar-refractivity contribution in [1.29, 1.82) is 0 Å². The van der Waals surface area contributed by atoms with E-state index in [2.05, 4.69) is 33.3 Å². The van der Waals surface area contributed by atoms with Crippen molar-refractivity contribution < 1.29 is 4.79 Å². The average Bonchev–Trinajstić information content (AvgIpc) is 3.07. The van der Waals surface area contributed by atoms with Crippen LogP contribution in [0.4, 0.5) is 5.82 Å². The van der Waals surface area contributed by atoms with Gasteiger partial charge in [0.15, 0.2) is 0 Å². The fourth-order valence-corrected chi connectivity index (χ4v) is 3.67. The fourth-order valence-electron chi connectivity index (χ4n) is 2.65. The summed E-state index contributed by atoms with van der Waals surface area (Å²) in [5, 5.41) is 4.19. The van der Waals surface area contributed by atoms with Crippen LogP contribution in [0.3, 0.4) is 0 Å². The molecule has 0 aliphatic rings. The molecule has 0 unspecified atom stereocenters. The lowest BCUT2D eigenvalue weighted by Crippen LogP contribution is -2.33. The maximum Gasteiger partial charge on any atom is 0.241 e. The monoisotopic (exact) mass is 369 g/mol. The quantitative estimate of drug-likeness (QED) is 0.693. The lowest BCUT2D eigenvalue weighted by Gasteiger charge is -2.18. The van der Waals surface area contributed by atoms with Gasteiger partial charge in [0.25, 0.3) is 0 Å². The highest BCUT2D eigenvalue weighted by molar-refractivity contribution is 7.18. The summed E-state index contributed by atoms with van der Waals surface area (Å²) < 4.78 is 0. The van der Waals surface area contributed by atoms with Gasteiger partial charge in [-0.25, -0.2) is 9.97 Å². The van der Waals surface area contributed by atoms with Gasteiger partial charge in [-0.3, -0.25) is 9.78 Å². The van der Waals surface area contributed by atoms with Crippen LogP contribution >= 0.6 is 11.3 Å². The number of amides is 1. The molecule has 3 aromatic heterocycles. The number of nitrogens with one attached hydrogen (secondary N) is 1. The number of carbonyl (C=O) groups excluding carboxylic acids is 1. The van der Waals surface area contributed by atoms with E-state index in [1.807, 2.05) is 26.1 Å². The molecule has 1 N–H and O–H groups in total. The van der Waals surface area contributed by atoms with E-state index in [1.54, 1.807) is 28.6 Å². The molecular formula is C19H23N5OS. The van der Waals surface area contributed by atoms with Crippen molar-refractivity contribution in [2.24, 2.45) is 0 Å². The minimum Gasteiger partial charge on any atom is -0.360 e. The number of likely N-dealkylation sites (N-methyl/N-ethyl adjacent to an activating group) is 1.